The monoisotopic (exact) mass is 282 g/mol. The van der Waals surface area contributed by atoms with Gasteiger partial charge in [-0.25, -0.2) is 0 Å². The summed E-state index contributed by atoms with van der Waals surface area (Å²) >= 11 is 0. The van der Waals surface area contributed by atoms with E-state index in [2.05, 4.69) is 66.5 Å². The van der Waals surface area contributed by atoms with Gasteiger partial charge in [-0.05, 0) is 55.6 Å². The highest BCUT2D eigenvalue weighted by Gasteiger charge is 2.23. The van der Waals surface area contributed by atoms with Crippen LogP contribution in [0.3, 0.4) is 0 Å². The first-order valence-corrected chi connectivity index (χ1v) is 8.15. The fraction of sp³-hybridized carbons (Fsp3) is 0.474. The third-order valence-electron chi connectivity index (χ3n) is 4.68. The predicted octanol–water partition coefficient (Wildman–Crippen LogP) is 3.66. The summed E-state index contributed by atoms with van der Waals surface area (Å²) in [7, 11) is 0. The molecule has 112 valence electrons. The minimum atomic E-state index is 0.688. The Morgan fingerprint density at radius 3 is 2.76 bits per heavy atom. The van der Waals surface area contributed by atoms with Gasteiger partial charge in [0.2, 0.25) is 0 Å². The molecule has 0 saturated carbocycles. The normalized spacial score (nSPS) is 19.7. The number of hydrogen-bond donors (Lipinski definition) is 1. The van der Waals surface area contributed by atoms with Crippen molar-refractivity contribution in [1.29, 1.82) is 0 Å². The van der Waals surface area contributed by atoms with Gasteiger partial charge in [-0.15, -0.1) is 0 Å². The van der Waals surface area contributed by atoms with Crippen LogP contribution in [0.2, 0.25) is 0 Å². The van der Waals surface area contributed by atoms with E-state index in [4.69, 9.17) is 0 Å². The van der Waals surface area contributed by atoms with E-state index in [0.29, 0.717) is 6.04 Å². The molecule has 1 fully saturated rings. The average molecular weight is 282 g/mol. The fourth-order valence-corrected chi connectivity index (χ4v) is 3.36. The van der Waals surface area contributed by atoms with Crippen LogP contribution in [0, 0.1) is 5.92 Å². The first kappa shape index (κ1) is 14.6. The Morgan fingerprint density at radius 1 is 1.14 bits per heavy atom. The molecule has 21 heavy (non-hydrogen) atoms. The van der Waals surface area contributed by atoms with E-state index in [0.717, 1.165) is 19.0 Å². The highest BCUT2D eigenvalue weighted by Crippen LogP contribution is 2.20. The second-order valence-corrected chi connectivity index (χ2v) is 6.51. The van der Waals surface area contributed by atoms with Gasteiger partial charge in [0.25, 0.3) is 0 Å². The van der Waals surface area contributed by atoms with E-state index < -0.39 is 0 Å². The van der Waals surface area contributed by atoms with Gasteiger partial charge in [0.05, 0.1) is 0 Å². The van der Waals surface area contributed by atoms with Crippen molar-refractivity contribution in [2.24, 2.45) is 5.92 Å². The Labute approximate surface area is 128 Å². The maximum Gasteiger partial charge on any atom is 0.0211 e. The van der Waals surface area contributed by atoms with Gasteiger partial charge in [0, 0.05) is 19.1 Å². The smallest absolute Gasteiger partial charge is 0.0211 e. The molecule has 0 aromatic heterocycles. The number of benzene rings is 2. The highest BCUT2D eigenvalue weighted by atomic mass is 15.2. The second-order valence-electron chi connectivity index (χ2n) is 6.51. The van der Waals surface area contributed by atoms with Crippen molar-refractivity contribution in [3.63, 3.8) is 0 Å². The van der Waals surface area contributed by atoms with Crippen LogP contribution < -0.4 is 5.32 Å². The van der Waals surface area contributed by atoms with Gasteiger partial charge in [0.15, 0.2) is 0 Å². The van der Waals surface area contributed by atoms with E-state index >= 15 is 0 Å². The summed E-state index contributed by atoms with van der Waals surface area (Å²) in [5.74, 6) is 0.808. The van der Waals surface area contributed by atoms with E-state index in [-0.39, 0.29) is 0 Å². The third kappa shape index (κ3) is 3.45. The molecule has 1 aliphatic heterocycles. The van der Waals surface area contributed by atoms with Crippen molar-refractivity contribution >= 4 is 10.8 Å². The SMILES string of the molecule is CC(C)N1CCC(CNCc2cccc3ccccc23)C1. The van der Waals surface area contributed by atoms with Gasteiger partial charge in [-0.1, -0.05) is 42.5 Å². The maximum atomic E-state index is 3.67. The number of nitrogens with zero attached hydrogens (tertiary/aromatic N) is 1. The Balaban J connectivity index is 1.56. The van der Waals surface area contributed by atoms with Crippen LogP contribution in [0.1, 0.15) is 25.8 Å². The van der Waals surface area contributed by atoms with Crippen molar-refractivity contribution < 1.29 is 0 Å². The van der Waals surface area contributed by atoms with Crippen molar-refractivity contribution in [3.8, 4) is 0 Å². The van der Waals surface area contributed by atoms with Crippen molar-refractivity contribution in [3.05, 3.63) is 48.0 Å². The Kier molecular flexibility index (Phi) is 4.57. The largest absolute Gasteiger partial charge is 0.312 e. The number of nitrogens with one attached hydrogen (secondary N) is 1. The second kappa shape index (κ2) is 6.59. The lowest BCUT2D eigenvalue weighted by Gasteiger charge is -2.20. The van der Waals surface area contributed by atoms with Crippen molar-refractivity contribution in [2.75, 3.05) is 19.6 Å². The quantitative estimate of drug-likeness (QED) is 0.900. The van der Waals surface area contributed by atoms with Gasteiger partial charge in [-0.3, -0.25) is 0 Å². The molecule has 0 aliphatic carbocycles. The molecule has 2 aromatic rings. The topological polar surface area (TPSA) is 15.3 Å². The lowest BCUT2D eigenvalue weighted by atomic mass is 10.0. The molecule has 1 atom stereocenters. The summed E-state index contributed by atoms with van der Waals surface area (Å²) in [4.78, 5) is 2.59. The third-order valence-corrected chi connectivity index (χ3v) is 4.68. The molecule has 0 spiro atoms. The van der Waals surface area contributed by atoms with E-state index in [9.17, 15) is 0 Å². The molecule has 1 unspecified atom stereocenters. The van der Waals surface area contributed by atoms with Crippen LogP contribution in [0.5, 0.6) is 0 Å². The Bertz CT molecular complexity index is 586. The molecule has 1 aliphatic rings. The van der Waals surface area contributed by atoms with Gasteiger partial charge in [0.1, 0.15) is 0 Å². The summed E-state index contributed by atoms with van der Waals surface area (Å²) in [6.45, 7) is 9.21. The van der Waals surface area contributed by atoms with Crippen LogP contribution in [-0.4, -0.2) is 30.6 Å². The molecule has 3 rings (SSSR count). The highest BCUT2D eigenvalue weighted by molar-refractivity contribution is 5.85. The minimum absolute atomic E-state index is 0.688. The zero-order valence-corrected chi connectivity index (χ0v) is 13.2. The average Bonchev–Trinajstić information content (AvgIpc) is 2.97. The summed E-state index contributed by atoms with van der Waals surface area (Å²) in [6, 6.07) is 15.9. The molecule has 1 saturated heterocycles. The van der Waals surface area contributed by atoms with Crippen LogP contribution in [0.4, 0.5) is 0 Å². The molecule has 0 bridgehead atoms. The molecule has 0 radical (unpaired) electrons. The molecule has 2 aromatic carbocycles. The van der Waals surface area contributed by atoms with Gasteiger partial charge >= 0.3 is 0 Å². The molecule has 1 heterocycles. The summed E-state index contributed by atoms with van der Waals surface area (Å²) in [5, 5.41) is 6.38. The molecule has 2 nitrogen and oxygen atoms in total. The predicted molar refractivity (Wildman–Crippen MR) is 90.5 cm³/mol. The first-order valence-electron chi connectivity index (χ1n) is 8.15. The molecular formula is C19H26N2. The summed E-state index contributed by atoms with van der Waals surface area (Å²) in [5.41, 5.74) is 1.41. The van der Waals surface area contributed by atoms with Gasteiger partial charge < -0.3 is 10.2 Å². The Hall–Kier alpha value is -1.38. The fourth-order valence-electron chi connectivity index (χ4n) is 3.36. The van der Waals surface area contributed by atoms with E-state index in [1.807, 2.05) is 0 Å². The lowest BCUT2D eigenvalue weighted by Crippen LogP contribution is -2.30. The van der Waals surface area contributed by atoms with Gasteiger partial charge in [-0.2, -0.15) is 0 Å². The number of likely N-dealkylation sites (tertiary alicyclic amines) is 1. The van der Waals surface area contributed by atoms with Crippen LogP contribution in [0.25, 0.3) is 10.8 Å². The summed E-state index contributed by atoms with van der Waals surface area (Å²) < 4.78 is 0. The van der Waals surface area contributed by atoms with Crippen molar-refractivity contribution in [2.45, 2.75) is 32.9 Å². The molecule has 2 heteroatoms. The zero-order valence-electron chi connectivity index (χ0n) is 13.2. The number of hydrogen-bond acceptors (Lipinski definition) is 2. The van der Waals surface area contributed by atoms with Crippen LogP contribution in [-0.2, 0) is 6.54 Å². The first-order chi connectivity index (χ1) is 10.2. The minimum Gasteiger partial charge on any atom is -0.312 e. The number of fused-ring (bicyclic) bond motifs is 1. The zero-order chi connectivity index (χ0) is 14.7. The van der Waals surface area contributed by atoms with E-state index in [1.165, 1.54) is 35.8 Å². The Morgan fingerprint density at radius 2 is 1.95 bits per heavy atom. The van der Waals surface area contributed by atoms with Crippen LogP contribution >= 0.6 is 0 Å². The molecular weight excluding hydrogens is 256 g/mol. The van der Waals surface area contributed by atoms with Crippen LogP contribution in [0.15, 0.2) is 42.5 Å². The molecule has 1 N–H and O–H groups in total. The van der Waals surface area contributed by atoms with E-state index in [1.54, 1.807) is 0 Å². The lowest BCUT2D eigenvalue weighted by molar-refractivity contribution is 0.264. The van der Waals surface area contributed by atoms with Crippen molar-refractivity contribution in [1.82, 2.24) is 10.2 Å². The number of rotatable bonds is 5. The summed E-state index contributed by atoms with van der Waals surface area (Å²) in [6.07, 6.45) is 1.33. The standard InChI is InChI=1S/C19H26N2/c1-15(2)21-11-10-16(14-21)12-20-13-18-8-5-7-17-6-3-4-9-19(17)18/h3-9,15-16,20H,10-14H2,1-2H3. The maximum absolute atomic E-state index is 3.67. The molecule has 0 amide bonds.